The number of aromatic nitrogens is 2. The van der Waals surface area contributed by atoms with E-state index >= 15 is 0 Å². The highest BCUT2D eigenvalue weighted by Crippen LogP contribution is 2.32. The molecule has 0 aromatic carbocycles. The molecule has 1 saturated heterocycles. The van der Waals surface area contributed by atoms with E-state index in [2.05, 4.69) is 23.6 Å². The standard InChI is InChI=1S/C12H19ClN2O/c1-4-11(13)12-8(2)14-15(9(12)3)10-5-6-16-7-10/h10-11H,4-7H2,1-3H3. The van der Waals surface area contributed by atoms with Gasteiger partial charge in [-0.25, -0.2) is 0 Å². The summed E-state index contributed by atoms with van der Waals surface area (Å²) < 4.78 is 7.51. The van der Waals surface area contributed by atoms with Crippen LogP contribution < -0.4 is 0 Å². The molecule has 4 heteroatoms. The van der Waals surface area contributed by atoms with Gasteiger partial charge in [0, 0.05) is 17.9 Å². The van der Waals surface area contributed by atoms with Crippen LogP contribution in [0, 0.1) is 13.8 Å². The number of halogens is 1. The second-order valence-electron chi connectivity index (χ2n) is 4.42. The number of aryl methyl sites for hydroxylation is 1. The topological polar surface area (TPSA) is 27.1 Å². The van der Waals surface area contributed by atoms with Gasteiger partial charge in [0.2, 0.25) is 0 Å². The predicted octanol–water partition coefficient (Wildman–Crippen LogP) is 3.15. The molecule has 2 unspecified atom stereocenters. The van der Waals surface area contributed by atoms with E-state index in [1.165, 1.54) is 11.3 Å². The van der Waals surface area contributed by atoms with Crippen molar-refractivity contribution < 1.29 is 4.74 Å². The molecule has 0 radical (unpaired) electrons. The van der Waals surface area contributed by atoms with Crippen LogP contribution in [0.25, 0.3) is 0 Å². The van der Waals surface area contributed by atoms with Gasteiger partial charge in [0.15, 0.2) is 0 Å². The Balaban J connectivity index is 2.33. The van der Waals surface area contributed by atoms with Crippen LogP contribution in [0.5, 0.6) is 0 Å². The lowest BCUT2D eigenvalue weighted by atomic mass is 10.1. The van der Waals surface area contributed by atoms with E-state index in [9.17, 15) is 0 Å². The van der Waals surface area contributed by atoms with Gasteiger partial charge >= 0.3 is 0 Å². The van der Waals surface area contributed by atoms with Crippen LogP contribution in [-0.4, -0.2) is 23.0 Å². The van der Waals surface area contributed by atoms with Crippen LogP contribution in [0.15, 0.2) is 0 Å². The average Bonchev–Trinajstić information content (AvgIpc) is 2.86. The maximum absolute atomic E-state index is 6.34. The molecule has 1 fully saturated rings. The molecule has 3 nitrogen and oxygen atoms in total. The Kier molecular flexibility index (Phi) is 3.55. The van der Waals surface area contributed by atoms with Gasteiger partial charge in [-0.2, -0.15) is 5.10 Å². The van der Waals surface area contributed by atoms with Crippen molar-refractivity contribution in [2.45, 2.75) is 45.0 Å². The Morgan fingerprint density at radius 3 is 2.88 bits per heavy atom. The Bertz CT molecular complexity index is 369. The summed E-state index contributed by atoms with van der Waals surface area (Å²) >= 11 is 6.34. The fourth-order valence-electron chi connectivity index (χ4n) is 2.40. The smallest absolute Gasteiger partial charge is 0.0777 e. The molecule has 0 amide bonds. The third-order valence-electron chi connectivity index (χ3n) is 3.30. The summed E-state index contributed by atoms with van der Waals surface area (Å²) in [6.07, 6.45) is 2.00. The summed E-state index contributed by atoms with van der Waals surface area (Å²) in [5.74, 6) is 0. The Morgan fingerprint density at radius 1 is 1.56 bits per heavy atom. The summed E-state index contributed by atoms with van der Waals surface area (Å²) in [6, 6.07) is 0.396. The first-order valence-electron chi connectivity index (χ1n) is 5.92. The Morgan fingerprint density at radius 2 is 2.31 bits per heavy atom. The summed E-state index contributed by atoms with van der Waals surface area (Å²) in [7, 11) is 0. The first-order chi connectivity index (χ1) is 7.65. The summed E-state index contributed by atoms with van der Waals surface area (Å²) in [6.45, 7) is 7.88. The molecule has 0 aliphatic carbocycles. The lowest BCUT2D eigenvalue weighted by Gasteiger charge is -2.12. The minimum atomic E-state index is 0.0797. The molecule has 0 saturated carbocycles. The zero-order valence-electron chi connectivity index (χ0n) is 10.2. The molecule has 16 heavy (non-hydrogen) atoms. The van der Waals surface area contributed by atoms with Gasteiger partial charge in [0.25, 0.3) is 0 Å². The zero-order chi connectivity index (χ0) is 11.7. The van der Waals surface area contributed by atoms with Crippen LogP contribution in [0.4, 0.5) is 0 Å². The highest BCUT2D eigenvalue weighted by Gasteiger charge is 2.24. The van der Waals surface area contributed by atoms with E-state index < -0.39 is 0 Å². The fourth-order valence-corrected chi connectivity index (χ4v) is 2.72. The number of alkyl halides is 1. The maximum atomic E-state index is 6.34. The Hall–Kier alpha value is -0.540. The second kappa shape index (κ2) is 4.76. The number of rotatable bonds is 3. The van der Waals surface area contributed by atoms with Crippen LogP contribution in [0.2, 0.25) is 0 Å². The first-order valence-corrected chi connectivity index (χ1v) is 6.36. The SMILES string of the molecule is CCC(Cl)c1c(C)nn(C2CCOC2)c1C. The van der Waals surface area contributed by atoms with E-state index in [0.717, 1.165) is 31.7 Å². The van der Waals surface area contributed by atoms with Crippen molar-refractivity contribution in [2.24, 2.45) is 0 Å². The number of hydrogen-bond acceptors (Lipinski definition) is 2. The summed E-state index contributed by atoms with van der Waals surface area (Å²) in [5.41, 5.74) is 3.47. The lowest BCUT2D eigenvalue weighted by molar-refractivity contribution is 0.184. The maximum Gasteiger partial charge on any atom is 0.0777 e. The molecule has 0 N–H and O–H groups in total. The molecule has 1 aromatic rings. The molecule has 2 heterocycles. The van der Waals surface area contributed by atoms with Gasteiger partial charge in [0.05, 0.1) is 23.7 Å². The molecule has 90 valence electrons. The average molecular weight is 243 g/mol. The largest absolute Gasteiger partial charge is 0.379 e. The quantitative estimate of drug-likeness (QED) is 0.762. The molecule has 0 spiro atoms. The van der Waals surface area contributed by atoms with Crippen molar-refractivity contribution in [1.29, 1.82) is 0 Å². The van der Waals surface area contributed by atoms with Crippen LogP contribution in [0.1, 0.15) is 48.1 Å². The molecule has 1 aromatic heterocycles. The molecule has 1 aliphatic rings. The first kappa shape index (κ1) is 11.9. The van der Waals surface area contributed by atoms with E-state index in [1.54, 1.807) is 0 Å². The highest BCUT2D eigenvalue weighted by molar-refractivity contribution is 6.20. The van der Waals surface area contributed by atoms with E-state index in [0.29, 0.717) is 6.04 Å². The second-order valence-corrected chi connectivity index (χ2v) is 4.95. The normalized spacial score (nSPS) is 22.6. The van der Waals surface area contributed by atoms with Crippen molar-refractivity contribution >= 4 is 11.6 Å². The van der Waals surface area contributed by atoms with E-state index in [4.69, 9.17) is 16.3 Å². The zero-order valence-corrected chi connectivity index (χ0v) is 10.9. The van der Waals surface area contributed by atoms with Gasteiger partial charge in [-0.05, 0) is 26.7 Å². The molecular formula is C12H19ClN2O. The van der Waals surface area contributed by atoms with E-state index in [-0.39, 0.29) is 5.38 Å². The molecule has 1 aliphatic heterocycles. The van der Waals surface area contributed by atoms with Crippen molar-refractivity contribution in [3.05, 3.63) is 17.0 Å². The minimum absolute atomic E-state index is 0.0797. The van der Waals surface area contributed by atoms with Gasteiger partial charge < -0.3 is 4.74 Å². The molecule has 0 bridgehead atoms. The molecule has 2 rings (SSSR count). The molecule has 2 atom stereocenters. The van der Waals surface area contributed by atoms with E-state index in [1.807, 2.05) is 6.92 Å². The van der Waals surface area contributed by atoms with Gasteiger partial charge in [-0.3, -0.25) is 4.68 Å². The highest BCUT2D eigenvalue weighted by atomic mass is 35.5. The van der Waals surface area contributed by atoms with Crippen LogP contribution >= 0.6 is 11.6 Å². The molecular weight excluding hydrogens is 224 g/mol. The lowest BCUT2D eigenvalue weighted by Crippen LogP contribution is -2.12. The predicted molar refractivity (Wildman–Crippen MR) is 65.1 cm³/mol. The number of hydrogen-bond donors (Lipinski definition) is 0. The minimum Gasteiger partial charge on any atom is -0.379 e. The summed E-state index contributed by atoms with van der Waals surface area (Å²) in [4.78, 5) is 0. The van der Waals surface area contributed by atoms with Crippen LogP contribution in [-0.2, 0) is 4.74 Å². The van der Waals surface area contributed by atoms with Gasteiger partial charge in [-0.15, -0.1) is 11.6 Å². The number of ether oxygens (including phenoxy) is 1. The van der Waals surface area contributed by atoms with Gasteiger partial charge in [0.1, 0.15) is 0 Å². The van der Waals surface area contributed by atoms with Crippen molar-refractivity contribution in [3.63, 3.8) is 0 Å². The number of nitrogens with zero attached hydrogens (tertiary/aromatic N) is 2. The van der Waals surface area contributed by atoms with Crippen molar-refractivity contribution in [2.75, 3.05) is 13.2 Å². The Labute approximate surface area is 102 Å². The third-order valence-corrected chi connectivity index (χ3v) is 3.83. The van der Waals surface area contributed by atoms with Gasteiger partial charge in [-0.1, -0.05) is 6.92 Å². The fraction of sp³-hybridized carbons (Fsp3) is 0.750. The van der Waals surface area contributed by atoms with Crippen molar-refractivity contribution in [1.82, 2.24) is 9.78 Å². The van der Waals surface area contributed by atoms with Crippen molar-refractivity contribution in [3.8, 4) is 0 Å². The third kappa shape index (κ3) is 1.98. The summed E-state index contributed by atoms with van der Waals surface area (Å²) in [5, 5.41) is 4.69. The monoisotopic (exact) mass is 242 g/mol. The van der Waals surface area contributed by atoms with Crippen LogP contribution in [0.3, 0.4) is 0 Å².